The van der Waals surface area contributed by atoms with E-state index in [1.807, 2.05) is 13.0 Å². The maximum atomic E-state index is 12.1. The number of ether oxygens (including phenoxy) is 1. The van der Waals surface area contributed by atoms with Crippen LogP contribution in [0.1, 0.15) is 23.7 Å². The highest BCUT2D eigenvalue weighted by molar-refractivity contribution is 5.88. The van der Waals surface area contributed by atoms with Gasteiger partial charge in [0.25, 0.3) is 5.56 Å². The Morgan fingerprint density at radius 3 is 2.59 bits per heavy atom. The lowest BCUT2D eigenvalue weighted by atomic mass is 10.1. The van der Waals surface area contributed by atoms with E-state index < -0.39 is 5.97 Å². The molecular formula is C20H19N3O4. The quantitative estimate of drug-likeness (QED) is 0.701. The number of pyridine rings is 1. The molecule has 0 spiro atoms. The van der Waals surface area contributed by atoms with E-state index in [0.717, 1.165) is 11.1 Å². The number of carbonyl (C=O) groups excluding carboxylic acids is 2. The van der Waals surface area contributed by atoms with Crippen LogP contribution in [-0.4, -0.2) is 21.3 Å². The van der Waals surface area contributed by atoms with Crippen LogP contribution in [0, 0.1) is 6.92 Å². The molecule has 27 heavy (non-hydrogen) atoms. The lowest BCUT2D eigenvalue weighted by Crippen LogP contribution is -2.17. The molecule has 1 N–H and O–H groups in total. The molecule has 0 unspecified atom stereocenters. The topological polar surface area (TPSA) is 89.8 Å². The summed E-state index contributed by atoms with van der Waals surface area (Å²) in [6.45, 7) is 3.26. The predicted molar refractivity (Wildman–Crippen MR) is 100 cm³/mol. The van der Waals surface area contributed by atoms with Crippen LogP contribution in [-0.2, 0) is 27.4 Å². The molecule has 1 amide bonds. The number of nitrogens with zero attached hydrogens (tertiary/aromatic N) is 2. The Balaban J connectivity index is 1.62. The highest BCUT2D eigenvalue weighted by atomic mass is 16.5. The summed E-state index contributed by atoms with van der Waals surface area (Å²) in [7, 11) is 0. The van der Waals surface area contributed by atoms with Gasteiger partial charge in [-0.15, -0.1) is 0 Å². The molecule has 2 heterocycles. The summed E-state index contributed by atoms with van der Waals surface area (Å²) in [4.78, 5) is 39.5. The van der Waals surface area contributed by atoms with Gasteiger partial charge in [-0.3, -0.25) is 18.8 Å². The fraction of sp³-hybridized carbons (Fsp3) is 0.200. The number of amides is 1. The van der Waals surface area contributed by atoms with Crippen molar-refractivity contribution in [3.05, 3.63) is 75.8 Å². The third-order valence-corrected chi connectivity index (χ3v) is 3.86. The highest BCUT2D eigenvalue weighted by Gasteiger charge is 2.08. The van der Waals surface area contributed by atoms with Crippen molar-refractivity contribution >= 4 is 23.2 Å². The minimum Gasteiger partial charge on any atom is -0.459 e. The third-order valence-electron chi connectivity index (χ3n) is 3.86. The van der Waals surface area contributed by atoms with Gasteiger partial charge in [0.1, 0.15) is 12.3 Å². The van der Waals surface area contributed by atoms with Gasteiger partial charge in [0.2, 0.25) is 5.91 Å². The summed E-state index contributed by atoms with van der Waals surface area (Å²) in [5.74, 6) is -0.579. The Hall–Kier alpha value is -3.48. The first kappa shape index (κ1) is 18.3. The first-order valence-corrected chi connectivity index (χ1v) is 8.42. The maximum Gasteiger partial charge on any atom is 0.310 e. The summed E-state index contributed by atoms with van der Waals surface area (Å²) < 4.78 is 6.69. The Labute approximate surface area is 155 Å². The lowest BCUT2D eigenvalue weighted by molar-refractivity contribution is -0.144. The van der Waals surface area contributed by atoms with Crippen LogP contribution in [0.15, 0.2) is 53.5 Å². The molecule has 0 saturated carbocycles. The molecule has 1 aromatic carbocycles. The molecule has 0 fully saturated rings. The van der Waals surface area contributed by atoms with Gasteiger partial charge >= 0.3 is 5.97 Å². The van der Waals surface area contributed by atoms with Crippen molar-refractivity contribution in [1.29, 1.82) is 0 Å². The van der Waals surface area contributed by atoms with Gasteiger partial charge < -0.3 is 10.1 Å². The Bertz CT molecular complexity index is 1060. The SMILES string of the molecule is CC(=O)Nc1ccc(CC(=O)OCc2cc(=O)n3cc(C)ccc3n2)cc1. The summed E-state index contributed by atoms with van der Waals surface area (Å²) in [5.41, 5.74) is 3.07. The number of anilines is 1. The van der Waals surface area contributed by atoms with Crippen LogP contribution in [0.3, 0.4) is 0 Å². The largest absolute Gasteiger partial charge is 0.459 e. The normalized spacial score (nSPS) is 10.6. The first-order chi connectivity index (χ1) is 12.9. The zero-order valence-corrected chi connectivity index (χ0v) is 15.1. The molecule has 0 aliphatic carbocycles. The molecule has 3 aromatic rings. The lowest BCUT2D eigenvalue weighted by Gasteiger charge is -2.07. The van der Waals surface area contributed by atoms with Crippen LogP contribution in [0.25, 0.3) is 5.65 Å². The molecule has 2 aromatic heterocycles. The number of rotatable bonds is 5. The van der Waals surface area contributed by atoms with Gasteiger partial charge in [-0.05, 0) is 36.2 Å². The second kappa shape index (κ2) is 7.82. The standard InChI is InChI=1S/C20H19N3O4/c1-13-3-8-18-22-17(10-19(25)23(18)11-13)12-27-20(26)9-15-4-6-16(7-5-15)21-14(2)24/h3-8,10-11H,9,12H2,1-2H3,(H,21,24). The Kier molecular flexibility index (Phi) is 5.30. The van der Waals surface area contributed by atoms with Crippen molar-refractivity contribution in [3.63, 3.8) is 0 Å². The number of hydrogen-bond acceptors (Lipinski definition) is 5. The summed E-state index contributed by atoms with van der Waals surface area (Å²) in [5, 5.41) is 2.66. The van der Waals surface area contributed by atoms with Gasteiger partial charge in [0, 0.05) is 24.9 Å². The van der Waals surface area contributed by atoms with Gasteiger partial charge in [-0.25, -0.2) is 4.98 Å². The molecule has 3 rings (SSSR count). The smallest absolute Gasteiger partial charge is 0.310 e. The molecule has 7 nitrogen and oxygen atoms in total. The van der Waals surface area contributed by atoms with Gasteiger partial charge in [-0.2, -0.15) is 0 Å². The average molecular weight is 365 g/mol. The van der Waals surface area contributed by atoms with Crippen LogP contribution in [0.5, 0.6) is 0 Å². The molecule has 0 aliphatic heterocycles. The second-order valence-electron chi connectivity index (χ2n) is 6.24. The van der Waals surface area contributed by atoms with Crippen LogP contribution in [0.2, 0.25) is 0 Å². The molecule has 0 saturated heterocycles. The predicted octanol–water partition coefficient (Wildman–Crippen LogP) is 2.25. The van der Waals surface area contributed by atoms with Crippen molar-refractivity contribution < 1.29 is 14.3 Å². The second-order valence-corrected chi connectivity index (χ2v) is 6.24. The van der Waals surface area contributed by atoms with Crippen molar-refractivity contribution in [2.75, 3.05) is 5.32 Å². The number of hydrogen-bond donors (Lipinski definition) is 1. The zero-order valence-electron chi connectivity index (χ0n) is 15.1. The number of esters is 1. The zero-order chi connectivity index (χ0) is 19.4. The van der Waals surface area contributed by atoms with E-state index in [2.05, 4.69) is 10.3 Å². The fourth-order valence-corrected chi connectivity index (χ4v) is 2.61. The van der Waals surface area contributed by atoms with Gasteiger partial charge in [-0.1, -0.05) is 18.2 Å². The van der Waals surface area contributed by atoms with E-state index in [1.165, 1.54) is 17.4 Å². The van der Waals surface area contributed by atoms with Crippen molar-refractivity contribution in [2.45, 2.75) is 26.9 Å². The number of nitrogens with one attached hydrogen (secondary N) is 1. The van der Waals surface area contributed by atoms with E-state index in [-0.39, 0.29) is 24.5 Å². The Morgan fingerprint density at radius 2 is 1.89 bits per heavy atom. The van der Waals surface area contributed by atoms with Gasteiger partial charge in [0.15, 0.2) is 0 Å². The van der Waals surface area contributed by atoms with Crippen LogP contribution >= 0.6 is 0 Å². The summed E-state index contributed by atoms with van der Waals surface area (Å²) in [6, 6.07) is 11.9. The minimum atomic E-state index is -0.423. The number of carbonyl (C=O) groups is 2. The first-order valence-electron chi connectivity index (χ1n) is 8.42. The third kappa shape index (κ3) is 4.78. The van der Waals surface area contributed by atoms with Crippen molar-refractivity contribution in [1.82, 2.24) is 9.38 Å². The molecule has 0 bridgehead atoms. The number of fused-ring (bicyclic) bond motifs is 1. The fourth-order valence-electron chi connectivity index (χ4n) is 2.61. The van der Waals surface area contributed by atoms with E-state index >= 15 is 0 Å². The van der Waals surface area contributed by atoms with Crippen molar-refractivity contribution in [2.24, 2.45) is 0 Å². The Morgan fingerprint density at radius 1 is 1.15 bits per heavy atom. The summed E-state index contributed by atoms with van der Waals surface area (Å²) in [6.07, 6.45) is 1.80. The molecular weight excluding hydrogens is 346 g/mol. The van der Waals surface area contributed by atoms with Crippen LogP contribution in [0.4, 0.5) is 5.69 Å². The molecule has 0 atom stereocenters. The molecule has 0 aliphatic rings. The minimum absolute atomic E-state index is 0.0670. The monoisotopic (exact) mass is 365 g/mol. The number of benzene rings is 1. The molecule has 138 valence electrons. The highest BCUT2D eigenvalue weighted by Crippen LogP contribution is 2.11. The van der Waals surface area contributed by atoms with E-state index in [4.69, 9.17) is 4.74 Å². The van der Waals surface area contributed by atoms with Gasteiger partial charge in [0.05, 0.1) is 12.1 Å². The molecule has 7 heteroatoms. The maximum absolute atomic E-state index is 12.1. The number of aromatic nitrogens is 2. The van der Waals surface area contributed by atoms with E-state index in [9.17, 15) is 14.4 Å². The molecule has 0 radical (unpaired) electrons. The van der Waals surface area contributed by atoms with E-state index in [1.54, 1.807) is 36.5 Å². The average Bonchev–Trinajstić information content (AvgIpc) is 2.62. The van der Waals surface area contributed by atoms with Crippen molar-refractivity contribution in [3.8, 4) is 0 Å². The van der Waals surface area contributed by atoms with Crippen LogP contribution < -0.4 is 10.9 Å². The van der Waals surface area contributed by atoms with E-state index in [0.29, 0.717) is 17.0 Å². The summed E-state index contributed by atoms with van der Waals surface area (Å²) >= 11 is 0. The number of aryl methyl sites for hydroxylation is 1.